The summed E-state index contributed by atoms with van der Waals surface area (Å²) in [5.74, 6) is 0. The number of aryl methyl sites for hydroxylation is 2. The van der Waals surface area contributed by atoms with Gasteiger partial charge in [-0.2, -0.15) is 0 Å². The summed E-state index contributed by atoms with van der Waals surface area (Å²) in [6.07, 6.45) is 0. The number of rotatable bonds is 1. The lowest BCUT2D eigenvalue weighted by atomic mass is 10.1. The van der Waals surface area contributed by atoms with E-state index in [0.717, 1.165) is 28.0 Å². The van der Waals surface area contributed by atoms with Gasteiger partial charge < -0.3 is 0 Å². The second-order valence-electron chi connectivity index (χ2n) is 4.51. The summed E-state index contributed by atoms with van der Waals surface area (Å²) in [5, 5.41) is 0. The predicted octanol–water partition coefficient (Wildman–Crippen LogP) is 3.91. The molecule has 0 radical (unpaired) electrons. The molecule has 0 atom stereocenters. The van der Waals surface area contributed by atoms with Gasteiger partial charge in [0.05, 0.1) is 22.4 Å². The minimum absolute atomic E-state index is 0.943. The van der Waals surface area contributed by atoms with E-state index < -0.39 is 0 Å². The molecule has 0 saturated heterocycles. The number of benzene rings is 2. The Bertz CT molecular complexity index is 700. The molecule has 3 aromatic rings. The first-order chi connectivity index (χ1) is 8.74. The first-order valence-electron chi connectivity index (χ1n) is 6.04. The SMILES string of the molecule is Cc1ccc(-c2nc3ccccc3nc2C)cc1. The monoisotopic (exact) mass is 234 g/mol. The fourth-order valence-corrected chi connectivity index (χ4v) is 2.07. The molecule has 0 fully saturated rings. The maximum Gasteiger partial charge on any atom is 0.0922 e. The molecule has 0 aliphatic carbocycles. The molecule has 1 aromatic heterocycles. The highest BCUT2D eigenvalue weighted by Crippen LogP contribution is 2.22. The second-order valence-corrected chi connectivity index (χ2v) is 4.51. The van der Waals surface area contributed by atoms with E-state index in [4.69, 9.17) is 4.98 Å². The van der Waals surface area contributed by atoms with Crippen molar-refractivity contribution in [3.05, 3.63) is 59.8 Å². The minimum atomic E-state index is 0.943. The average molecular weight is 234 g/mol. The zero-order chi connectivity index (χ0) is 12.5. The number of hydrogen-bond acceptors (Lipinski definition) is 2. The van der Waals surface area contributed by atoms with Gasteiger partial charge in [-0.1, -0.05) is 42.0 Å². The molecule has 0 aliphatic rings. The first kappa shape index (κ1) is 10.9. The van der Waals surface area contributed by atoms with E-state index in [1.807, 2.05) is 31.2 Å². The van der Waals surface area contributed by atoms with E-state index in [1.54, 1.807) is 0 Å². The largest absolute Gasteiger partial charge is 0.249 e. The number of fused-ring (bicyclic) bond motifs is 1. The van der Waals surface area contributed by atoms with Crippen LogP contribution in [0.3, 0.4) is 0 Å². The maximum atomic E-state index is 4.71. The van der Waals surface area contributed by atoms with Gasteiger partial charge in [0.2, 0.25) is 0 Å². The summed E-state index contributed by atoms with van der Waals surface area (Å²) in [7, 11) is 0. The summed E-state index contributed by atoms with van der Waals surface area (Å²) in [5.41, 5.74) is 6.21. The Morgan fingerprint density at radius 1 is 0.722 bits per heavy atom. The van der Waals surface area contributed by atoms with Gasteiger partial charge in [0.15, 0.2) is 0 Å². The first-order valence-corrected chi connectivity index (χ1v) is 6.04. The van der Waals surface area contributed by atoms with Crippen molar-refractivity contribution in [1.82, 2.24) is 9.97 Å². The molecule has 3 rings (SSSR count). The molecular formula is C16H14N2. The summed E-state index contributed by atoms with van der Waals surface area (Å²) < 4.78 is 0. The lowest BCUT2D eigenvalue weighted by Gasteiger charge is -2.07. The van der Waals surface area contributed by atoms with Crippen molar-refractivity contribution >= 4 is 11.0 Å². The van der Waals surface area contributed by atoms with Gasteiger partial charge in [-0.25, -0.2) is 9.97 Å². The minimum Gasteiger partial charge on any atom is -0.249 e. The Hall–Kier alpha value is -2.22. The normalized spacial score (nSPS) is 10.8. The van der Waals surface area contributed by atoms with Gasteiger partial charge in [0, 0.05) is 5.56 Å². The zero-order valence-corrected chi connectivity index (χ0v) is 10.5. The molecule has 1 heterocycles. The summed E-state index contributed by atoms with van der Waals surface area (Å²) >= 11 is 0. The van der Waals surface area contributed by atoms with Crippen molar-refractivity contribution in [2.75, 3.05) is 0 Å². The highest BCUT2D eigenvalue weighted by atomic mass is 14.8. The van der Waals surface area contributed by atoms with Crippen LogP contribution in [-0.4, -0.2) is 9.97 Å². The van der Waals surface area contributed by atoms with Crippen LogP contribution in [0, 0.1) is 13.8 Å². The molecule has 88 valence electrons. The topological polar surface area (TPSA) is 25.8 Å². The molecule has 0 bridgehead atoms. The molecule has 0 spiro atoms. The molecule has 0 N–H and O–H groups in total. The van der Waals surface area contributed by atoms with Crippen molar-refractivity contribution in [3.63, 3.8) is 0 Å². The van der Waals surface area contributed by atoms with E-state index in [2.05, 4.69) is 36.2 Å². The van der Waals surface area contributed by atoms with Crippen molar-refractivity contribution < 1.29 is 0 Å². The zero-order valence-electron chi connectivity index (χ0n) is 10.5. The summed E-state index contributed by atoms with van der Waals surface area (Å²) in [6, 6.07) is 16.4. The average Bonchev–Trinajstić information content (AvgIpc) is 2.39. The van der Waals surface area contributed by atoms with Crippen LogP contribution in [0.4, 0.5) is 0 Å². The van der Waals surface area contributed by atoms with Gasteiger partial charge in [-0.05, 0) is 26.0 Å². The molecule has 0 unspecified atom stereocenters. The molecule has 2 aromatic carbocycles. The van der Waals surface area contributed by atoms with Crippen LogP contribution < -0.4 is 0 Å². The molecule has 0 aliphatic heterocycles. The Morgan fingerprint density at radius 2 is 1.33 bits per heavy atom. The number of nitrogens with zero attached hydrogens (tertiary/aromatic N) is 2. The quantitative estimate of drug-likeness (QED) is 0.638. The van der Waals surface area contributed by atoms with Crippen molar-refractivity contribution in [2.24, 2.45) is 0 Å². The molecule has 18 heavy (non-hydrogen) atoms. The van der Waals surface area contributed by atoms with Gasteiger partial charge in [-0.3, -0.25) is 0 Å². The smallest absolute Gasteiger partial charge is 0.0922 e. The molecular weight excluding hydrogens is 220 g/mol. The highest BCUT2D eigenvalue weighted by Gasteiger charge is 2.06. The molecule has 0 saturated carbocycles. The lowest BCUT2D eigenvalue weighted by Crippen LogP contribution is -1.94. The van der Waals surface area contributed by atoms with Crippen LogP contribution in [0.25, 0.3) is 22.3 Å². The Morgan fingerprint density at radius 3 is 2.00 bits per heavy atom. The van der Waals surface area contributed by atoms with Gasteiger partial charge in [0.1, 0.15) is 0 Å². The highest BCUT2D eigenvalue weighted by molar-refractivity contribution is 5.78. The molecule has 0 amide bonds. The van der Waals surface area contributed by atoms with Gasteiger partial charge in [0.25, 0.3) is 0 Å². The van der Waals surface area contributed by atoms with Crippen LogP contribution in [-0.2, 0) is 0 Å². The maximum absolute atomic E-state index is 4.71. The van der Waals surface area contributed by atoms with E-state index in [9.17, 15) is 0 Å². The van der Waals surface area contributed by atoms with E-state index in [1.165, 1.54) is 5.56 Å². The van der Waals surface area contributed by atoms with Crippen LogP contribution in [0.15, 0.2) is 48.5 Å². The lowest BCUT2D eigenvalue weighted by molar-refractivity contribution is 1.19. The van der Waals surface area contributed by atoms with E-state index in [-0.39, 0.29) is 0 Å². The fourth-order valence-electron chi connectivity index (χ4n) is 2.07. The number of para-hydroxylation sites is 2. The Kier molecular flexibility index (Phi) is 2.56. The predicted molar refractivity (Wildman–Crippen MR) is 74.4 cm³/mol. The number of aromatic nitrogens is 2. The van der Waals surface area contributed by atoms with Crippen LogP contribution in [0.5, 0.6) is 0 Å². The second kappa shape index (κ2) is 4.22. The third-order valence-corrected chi connectivity index (χ3v) is 3.07. The third-order valence-electron chi connectivity index (χ3n) is 3.07. The Labute approximate surface area is 106 Å². The van der Waals surface area contributed by atoms with Crippen molar-refractivity contribution in [1.29, 1.82) is 0 Å². The van der Waals surface area contributed by atoms with E-state index in [0.29, 0.717) is 0 Å². The summed E-state index contributed by atoms with van der Waals surface area (Å²) in [4.78, 5) is 9.32. The van der Waals surface area contributed by atoms with Crippen LogP contribution in [0.2, 0.25) is 0 Å². The standard InChI is InChI=1S/C16H14N2/c1-11-7-9-13(10-8-11)16-12(2)17-14-5-3-4-6-15(14)18-16/h3-10H,1-2H3. The van der Waals surface area contributed by atoms with Gasteiger partial charge in [-0.15, -0.1) is 0 Å². The van der Waals surface area contributed by atoms with E-state index >= 15 is 0 Å². The fraction of sp³-hybridized carbons (Fsp3) is 0.125. The van der Waals surface area contributed by atoms with Crippen LogP contribution >= 0.6 is 0 Å². The van der Waals surface area contributed by atoms with Crippen molar-refractivity contribution in [3.8, 4) is 11.3 Å². The third kappa shape index (κ3) is 1.86. The molecule has 2 heteroatoms. The summed E-state index contributed by atoms with van der Waals surface area (Å²) in [6.45, 7) is 4.09. The van der Waals surface area contributed by atoms with Gasteiger partial charge >= 0.3 is 0 Å². The van der Waals surface area contributed by atoms with Crippen LogP contribution in [0.1, 0.15) is 11.3 Å². The Balaban J connectivity index is 2.22. The number of hydrogen-bond donors (Lipinski definition) is 0. The van der Waals surface area contributed by atoms with Crippen molar-refractivity contribution in [2.45, 2.75) is 13.8 Å². The molecule has 2 nitrogen and oxygen atoms in total.